The van der Waals surface area contributed by atoms with Crippen LogP contribution in [0.5, 0.6) is 0 Å². The van der Waals surface area contributed by atoms with Gasteiger partial charge in [0.05, 0.1) is 71.7 Å². The number of cyclic esters (lactones) is 2. The van der Waals surface area contributed by atoms with Crippen molar-refractivity contribution in [3.63, 3.8) is 0 Å². The largest absolute Gasteiger partial charge is 0.459 e. The van der Waals surface area contributed by atoms with Crippen molar-refractivity contribution in [2.75, 3.05) is 48.3 Å². The Labute approximate surface area is 599 Å². The van der Waals surface area contributed by atoms with Crippen LogP contribution in [0.25, 0.3) is 0 Å². The Bertz CT molecular complexity index is 2540. The summed E-state index contributed by atoms with van der Waals surface area (Å²) in [6.45, 7) is 31.1. The van der Waals surface area contributed by atoms with Gasteiger partial charge in [0.15, 0.2) is 18.7 Å². The quantitative estimate of drug-likeness (QED) is 0.0326. The Hall–Kier alpha value is -3.75. The fourth-order valence-corrected chi connectivity index (χ4v) is 14.0. The number of carbonyl (C=O) groups is 7. The molecule has 8 N–H and O–H groups in total. The van der Waals surface area contributed by atoms with Gasteiger partial charge in [-0.3, -0.25) is 28.8 Å². The number of ether oxygens (including phenoxy) is 10. The van der Waals surface area contributed by atoms with E-state index in [9.17, 15) is 64.2 Å². The summed E-state index contributed by atoms with van der Waals surface area (Å²) in [5.41, 5.74) is -6.36. The lowest BCUT2D eigenvalue weighted by Gasteiger charge is -2.48. The van der Waals surface area contributed by atoms with E-state index in [-0.39, 0.29) is 76.5 Å². The summed E-state index contributed by atoms with van der Waals surface area (Å²) in [4.78, 5) is 92.5. The normalized spacial score (nSPS) is 40.9. The number of rotatable bonds is 15. The molecule has 4 saturated heterocycles. The Morgan fingerprint density at radius 1 is 0.626 bits per heavy atom. The third-order valence-electron chi connectivity index (χ3n) is 19.8. The molecule has 0 bridgehead atoms. The zero-order valence-corrected chi connectivity index (χ0v) is 63.1. The molecule has 2 amide bonds. The summed E-state index contributed by atoms with van der Waals surface area (Å²) in [7, 11) is 10.4. The van der Waals surface area contributed by atoms with Gasteiger partial charge >= 0.3 is 23.9 Å². The van der Waals surface area contributed by atoms with Crippen LogP contribution in [0.2, 0.25) is 0 Å². The predicted octanol–water partition coefficient (Wildman–Crippen LogP) is 5.59. The molecule has 4 fully saturated rings. The van der Waals surface area contributed by atoms with Crippen LogP contribution in [0.15, 0.2) is 12.7 Å². The van der Waals surface area contributed by atoms with Crippen molar-refractivity contribution in [1.82, 2.24) is 20.4 Å². The average Bonchev–Trinajstić information content (AvgIpc) is 1.61. The van der Waals surface area contributed by atoms with Crippen LogP contribution in [0.4, 0.5) is 0 Å². The van der Waals surface area contributed by atoms with E-state index in [0.29, 0.717) is 18.7 Å². The minimum absolute atomic E-state index is 0. The number of amides is 2. The van der Waals surface area contributed by atoms with Crippen LogP contribution in [-0.4, -0.2) is 262 Å². The van der Waals surface area contributed by atoms with Crippen molar-refractivity contribution in [2.45, 2.75) is 310 Å². The maximum atomic E-state index is 13.7. The third-order valence-corrected chi connectivity index (χ3v) is 20.1. The van der Waals surface area contributed by atoms with Gasteiger partial charge in [-0.2, -0.15) is 0 Å². The van der Waals surface area contributed by atoms with E-state index in [0.717, 1.165) is 6.08 Å². The zero-order chi connectivity index (χ0) is 74.9. The zero-order valence-electron chi connectivity index (χ0n) is 61.6. The highest BCUT2D eigenvalue weighted by Gasteiger charge is 2.55. The molecule has 4 aliphatic rings. The number of carbonyl (C=O) groups excluding carboxylic acids is 7. The molecule has 580 valence electrons. The van der Waals surface area contributed by atoms with Crippen molar-refractivity contribution < 1.29 is 112 Å². The van der Waals surface area contributed by atoms with Crippen molar-refractivity contribution in [3.8, 4) is 0 Å². The Morgan fingerprint density at radius 3 is 1.38 bits per heavy atom. The number of hydrogen-bond acceptors (Lipinski definition) is 25. The van der Waals surface area contributed by atoms with Crippen molar-refractivity contribution in [1.29, 1.82) is 0 Å². The van der Waals surface area contributed by atoms with Crippen LogP contribution in [0.3, 0.4) is 0 Å². The van der Waals surface area contributed by atoms with Gasteiger partial charge in [-0.15, -0.1) is 11.6 Å². The Morgan fingerprint density at radius 2 is 1.02 bits per heavy atom. The second kappa shape index (κ2) is 41.7. The number of nitrogens with one attached hydrogen (secondary N) is 2. The average molecular weight is 1460 g/mol. The number of hydrogen-bond donors (Lipinski definition) is 8. The molecule has 29 heteroatoms. The lowest BCUT2D eigenvalue weighted by molar-refractivity contribution is -0.303. The topological polar surface area (TPSA) is 364 Å². The second-order valence-corrected chi connectivity index (χ2v) is 29.2. The summed E-state index contributed by atoms with van der Waals surface area (Å²) >= 11 is 9.95. The highest BCUT2D eigenvalue weighted by atomic mass is 35.5. The van der Waals surface area contributed by atoms with E-state index >= 15 is 0 Å². The SMILES string of the molecule is C.C.C=CC(=O)O[C@H]1[C@H](C)[C@@H](O[C@@H]2O[C@H](C)C[C@H](N(C)C)[C@@H]2O)[C@](C)(OC)C[C@@H](C)C(=O)N[C@H](C)[C@@H](O)[C@](C)(O)[C@@H](CC)OC(=O)[C@@H]1C.CC[C@H]1OC(=O)[C@H](C)[C@@H](O)[C@H](C)[C@@H](O[C@@H]2O[C@H](C)C[C@H](N(C)C)[C@@H]2OC(C)=O)[C@](C)(OC)C[C@@H](C)C(=O)N[C@H](C)[C@@H](O)[C@]1(C)O.O=C(Cl)CCCl. The van der Waals surface area contributed by atoms with Gasteiger partial charge in [-0.25, -0.2) is 4.79 Å². The molecular weight excluding hydrogens is 1340 g/mol. The molecule has 0 radical (unpaired) electrons. The number of esters is 4. The summed E-state index contributed by atoms with van der Waals surface area (Å²) in [6.07, 6.45) is -11.6. The monoisotopic (exact) mass is 1460 g/mol. The molecule has 28 atom stereocenters. The van der Waals surface area contributed by atoms with Crippen molar-refractivity contribution in [3.05, 3.63) is 12.7 Å². The standard InChI is InChI=1S/C33H58N2O11.C32H58N2O11.C3H4Cl2O.2CH4/c1-13-23-33(9,41)27(38)21(7)34-29(39)17(3)16-32(8,42-12)28(46-31-25(37)22(35(10)11)15-18(4)43-31)19(5)26(45-24(36)14-2)20(6)30(40)44-23;1-13-23-32(9,40)26(37)20(6)33-28(38)16(2)15-31(8,41-12)27(18(4)24(36)19(5)29(39)44-23)45-30-25(43-21(7)35)22(34(10)11)14-17(3)42-30;4-2-1-3(5)6;;/h14,17-23,25-28,31,37-38,41H,2,13,15-16H2,1,3-12H3,(H,34,39);16-20,22-27,30,36-37,40H,13-15H2,1-12H3,(H,33,38);1-2H2;2*1H4/t17-,18-,19+,20-,21-,22+,23-,25+,26+,27-,28-,31+,32-,33-;16-,17-,18+,19-,20-,22+,23-,24+,25+,26-,27-,30+,31-,32-;;;/m11.../s1. The van der Waals surface area contributed by atoms with Gasteiger partial charge in [0.1, 0.15) is 47.8 Å². The molecule has 0 aromatic heterocycles. The van der Waals surface area contributed by atoms with Crippen LogP contribution in [0.1, 0.15) is 178 Å². The molecule has 27 nitrogen and oxygen atoms in total. The number of halogens is 2. The minimum atomic E-state index is -1.94. The van der Waals surface area contributed by atoms with E-state index in [1.165, 1.54) is 48.8 Å². The predicted molar refractivity (Wildman–Crippen MR) is 374 cm³/mol. The molecule has 0 aliphatic carbocycles. The molecule has 0 spiro atoms. The molecule has 4 heterocycles. The Kier molecular flexibility index (Phi) is 40.1. The van der Waals surface area contributed by atoms with E-state index in [2.05, 4.69) is 17.2 Å². The first-order chi connectivity index (χ1) is 44.7. The number of aliphatic hydroxyl groups is 6. The van der Waals surface area contributed by atoms with Crippen LogP contribution < -0.4 is 10.6 Å². The van der Waals surface area contributed by atoms with Crippen LogP contribution in [0, 0.1) is 35.5 Å². The second-order valence-electron chi connectivity index (χ2n) is 28.4. The molecule has 99 heavy (non-hydrogen) atoms. The van der Waals surface area contributed by atoms with Gasteiger partial charge in [0.2, 0.25) is 17.1 Å². The van der Waals surface area contributed by atoms with Crippen molar-refractivity contribution >= 4 is 64.1 Å². The minimum Gasteiger partial charge on any atom is -0.459 e. The smallest absolute Gasteiger partial charge is 0.330 e. The molecule has 0 aromatic carbocycles. The van der Waals surface area contributed by atoms with Crippen LogP contribution in [-0.2, 0) is 80.9 Å². The first-order valence-electron chi connectivity index (χ1n) is 33.7. The third kappa shape index (κ3) is 25.5. The van der Waals surface area contributed by atoms with E-state index in [1.54, 1.807) is 69.2 Å². The Balaban J connectivity index is 0.00000176. The number of methoxy groups -OCH3 is 2. The molecule has 4 rings (SSSR count). The molecule has 0 saturated carbocycles. The summed E-state index contributed by atoms with van der Waals surface area (Å²) in [6, 6.07) is -2.36. The summed E-state index contributed by atoms with van der Waals surface area (Å²) < 4.78 is 60.7. The maximum absolute atomic E-state index is 13.7. The van der Waals surface area contributed by atoms with Gasteiger partial charge in [-0.05, 0) is 148 Å². The van der Waals surface area contributed by atoms with E-state index in [4.69, 9.17) is 70.6 Å². The van der Waals surface area contributed by atoms with Crippen molar-refractivity contribution in [2.24, 2.45) is 35.5 Å². The molecule has 0 aromatic rings. The summed E-state index contributed by atoms with van der Waals surface area (Å²) in [5, 5.41) is 73.1. The first kappa shape index (κ1) is 95.2. The number of alkyl halides is 1. The molecular formula is C70H128Cl2N4O23. The molecule has 4 aliphatic heterocycles. The lowest BCUT2D eigenvalue weighted by atomic mass is 9.77. The van der Waals surface area contributed by atoms with Gasteiger partial charge < -0.3 is 98.4 Å². The van der Waals surface area contributed by atoms with Gasteiger partial charge in [0, 0.05) is 69.2 Å². The number of aliphatic hydroxyl groups excluding tert-OH is 4. The molecule has 0 unspecified atom stereocenters. The lowest BCUT2D eigenvalue weighted by Crippen LogP contribution is -2.60. The first-order valence-corrected chi connectivity index (χ1v) is 34.6. The number of nitrogens with zero attached hydrogens (tertiary/aromatic N) is 2. The fraction of sp³-hybridized carbons (Fsp3) is 0.871. The highest BCUT2D eigenvalue weighted by molar-refractivity contribution is 6.63. The van der Waals surface area contributed by atoms with Gasteiger partial charge in [0.25, 0.3) is 0 Å². The highest BCUT2D eigenvalue weighted by Crippen LogP contribution is 2.41. The van der Waals surface area contributed by atoms with Gasteiger partial charge in [-0.1, -0.05) is 63.0 Å². The fourth-order valence-electron chi connectivity index (χ4n) is 13.6. The maximum Gasteiger partial charge on any atom is 0.330 e. The number of likely N-dealkylation sites (N-methyl/N-ethyl adjacent to an activating group) is 2. The van der Waals surface area contributed by atoms with E-state index < -0.39 is 179 Å². The summed E-state index contributed by atoms with van der Waals surface area (Å²) in [5.74, 6) is -8.57. The van der Waals surface area contributed by atoms with Crippen LogP contribution >= 0.6 is 23.2 Å². The van der Waals surface area contributed by atoms with E-state index in [1.807, 2.05) is 51.8 Å².